The van der Waals surface area contributed by atoms with E-state index in [0.717, 1.165) is 18.0 Å². The van der Waals surface area contributed by atoms with Crippen LogP contribution in [-0.2, 0) is 0 Å². The van der Waals surface area contributed by atoms with E-state index in [0.29, 0.717) is 0 Å². The van der Waals surface area contributed by atoms with Gasteiger partial charge in [-0.1, -0.05) is 5.16 Å². The third-order valence-electron chi connectivity index (χ3n) is 2.93. The number of fused-ring (bicyclic) bond motifs is 1. The molecule has 0 spiro atoms. The van der Waals surface area contributed by atoms with Crippen LogP contribution in [0.5, 0.6) is 0 Å². The first-order valence-corrected chi connectivity index (χ1v) is 6.19. The monoisotopic (exact) mass is 235 g/mol. The first-order chi connectivity index (χ1) is 7.75. The Morgan fingerprint density at radius 1 is 1.38 bits per heavy atom. The lowest BCUT2D eigenvalue weighted by Gasteiger charge is -2.26. The van der Waals surface area contributed by atoms with Crippen molar-refractivity contribution in [2.75, 3.05) is 17.2 Å². The van der Waals surface area contributed by atoms with E-state index in [2.05, 4.69) is 26.6 Å². The van der Waals surface area contributed by atoms with Crippen LogP contribution >= 0.6 is 11.3 Å². The van der Waals surface area contributed by atoms with Gasteiger partial charge in [-0.2, -0.15) is 0 Å². The van der Waals surface area contributed by atoms with Gasteiger partial charge in [-0.3, -0.25) is 0 Å². The molecular formula is C11H13N3OS. The van der Waals surface area contributed by atoms with Gasteiger partial charge in [0.15, 0.2) is 0 Å². The first-order valence-electron chi connectivity index (χ1n) is 5.25. The van der Waals surface area contributed by atoms with Crippen molar-refractivity contribution in [1.82, 2.24) is 5.16 Å². The predicted molar refractivity (Wildman–Crippen MR) is 65.1 cm³/mol. The number of thiophene rings is 1. The normalized spacial score (nSPS) is 18.8. The molecule has 0 fully saturated rings. The van der Waals surface area contributed by atoms with E-state index in [-0.39, 0.29) is 6.04 Å². The van der Waals surface area contributed by atoms with Gasteiger partial charge in [-0.25, -0.2) is 0 Å². The fourth-order valence-corrected chi connectivity index (χ4v) is 2.90. The molecule has 3 rings (SSSR count). The molecule has 0 amide bonds. The van der Waals surface area contributed by atoms with Gasteiger partial charge in [-0.05, 0) is 13.8 Å². The lowest BCUT2D eigenvalue weighted by Crippen LogP contribution is -2.25. The van der Waals surface area contributed by atoms with Crippen molar-refractivity contribution in [3.8, 4) is 0 Å². The van der Waals surface area contributed by atoms with Crippen LogP contribution in [0, 0.1) is 13.8 Å². The standard InChI is InChI=1S/C11H13N3OS/c1-6-11(7(2)15-14-6)8-3-12-9-4-16-5-10(9)13-8/h4-5,8,12-13H,3H2,1-2H3. The van der Waals surface area contributed by atoms with E-state index in [1.54, 1.807) is 11.3 Å². The van der Waals surface area contributed by atoms with Crippen molar-refractivity contribution in [3.05, 3.63) is 27.8 Å². The average molecular weight is 235 g/mol. The largest absolute Gasteiger partial charge is 0.380 e. The molecule has 0 saturated carbocycles. The molecule has 0 radical (unpaired) electrons. The molecule has 1 aliphatic heterocycles. The smallest absolute Gasteiger partial charge is 0.139 e. The highest BCUT2D eigenvalue weighted by Gasteiger charge is 2.24. The van der Waals surface area contributed by atoms with E-state index in [9.17, 15) is 0 Å². The molecule has 0 aliphatic carbocycles. The van der Waals surface area contributed by atoms with E-state index < -0.39 is 0 Å². The third-order valence-corrected chi connectivity index (χ3v) is 3.67. The number of aromatic nitrogens is 1. The Balaban J connectivity index is 1.94. The molecule has 16 heavy (non-hydrogen) atoms. The summed E-state index contributed by atoms with van der Waals surface area (Å²) in [6.07, 6.45) is 0. The number of hydrogen-bond donors (Lipinski definition) is 2. The Bertz CT molecular complexity index is 498. The molecule has 3 heterocycles. The maximum Gasteiger partial charge on any atom is 0.139 e. The fourth-order valence-electron chi connectivity index (χ4n) is 2.16. The van der Waals surface area contributed by atoms with Crippen LogP contribution in [0.3, 0.4) is 0 Å². The van der Waals surface area contributed by atoms with Crippen molar-refractivity contribution in [2.24, 2.45) is 0 Å². The Hall–Kier alpha value is -1.49. The number of nitrogens with zero attached hydrogens (tertiary/aromatic N) is 1. The van der Waals surface area contributed by atoms with Gasteiger partial charge < -0.3 is 15.2 Å². The molecule has 0 saturated heterocycles. The topological polar surface area (TPSA) is 50.1 Å². The van der Waals surface area contributed by atoms with Crippen LogP contribution in [-0.4, -0.2) is 11.7 Å². The third kappa shape index (κ3) is 1.39. The predicted octanol–water partition coefficient (Wildman–Crippen LogP) is 2.93. The Kier molecular flexibility index (Phi) is 2.14. The highest BCUT2D eigenvalue weighted by atomic mass is 32.1. The quantitative estimate of drug-likeness (QED) is 0.798. The summed E-state index contributed by atoms with van der Waals surface area (Å²) in [4.78, 5) is 0. The molecule has 2 aromatic rings. The fraction of sp³-hybridized carbons (Fsp3) is 0.364. The zero-order chi connectivity index (χ0) is 11.1. The van der Waals surface area contributed by atoms with Gasteiger partial charge in [0.2, 0.25) is 0 Å². The number of rotatable bonds is 1. The molecule has 0 aromatic carbocycles. The van der Waals surface area contributed by atoms with Gasteiger partial charge in [0.05, 0.1) is 23.1 Å². The molecule has 2 aromatic heterocycles. The minimum Gasteiger partial charge on any atom is -0.380 e. The molecule has 4 nitrogen and oxygen atoms in total. The van der Waals surface area contributed by atoms with Crippen molar-refractivity contribution < 1.29 is 4.52 Å². The first kappa shape index (κ1) is 9.72. The zero-order valence-electron chi connectivity index (χ0n) is 9.20. The van der Waals surface area contributed by atoms with Crippen LogP contribution in [0.4, 0.5) is 11.4 Å². The van der Waals surface area contributed by atoms with E-state index in [1.165, 1.54) is 16.9 Å². The van der Waals surface area contributed by atoms with Crippen molar-refractivity contribution in [3.63, 3.8) is 0 Å². The van der Waals surface area contributed by atoms with E-state index >= 15 is 0 Å². The van der Waals surface area contributed by atoms with Crippen LogP contribution in [0.15, 0.2) is 15.3 Å². The summed E-state index contributed by atoms with van der Waals surface area (Å²) >= 11 is 1.70. The molecule has 1 atom stereocenters. The van der Waals surface area contributed by atoms with Crippen molar-refractivity contribution in [1.29, 1.82) is 0 Å². The summed E-state index contributed by atoms with van der Waals surface area (Å²) in [6, 6.07) is 0.244. The van der Waals surface area contributed by atoms with Crippen LogP contribution in [0.25, 0.3) is 0 Å². The molecule has 1 unspecified atom stereocenters. The number of anilines is 2. The lowest BCUT2D eigenvalue weighted by molar-refractivity contribution is 0.391. The second-order valence-electron chi connectivity index (χ2n) is 4.01. The van der Waals surface area contributed by atoms with E-state index in [4.69, 9.17) is 4.52 Å². The van der Waals surface area contributed by atoms with Crippen molar-refractivity contribution in [2.45, 2.75) is 19.9 Å². The maximum absolute atomic E-state index is 5.20. The minimum absolute atomic E-state index is 0.244. The lowest BCUT2D eigenvalue weighted by atomic mass is 10.0. The van der Waals surface area contributed by atoms with Crippen LogP contribution in [0.1, 0.15) is 23.1 Å². The van der Waals surface area contributed by atoms with Gasteiger partial charge in [0, 0.05) is 22.9 Å². The average Bonchev–Trinajstić information content (AvgIpc) is 2.85. The molecular weight excluding hydrogens is 222 g/mol. The van der Waals surface area contributed by atoms with Gasteiger partial charge in [0.25, 0.3) is 0 Å². The summed E-state index contributed by atoms with van der Waals surface area (Å²) < 4.78 is 5.20. The Morgan fingerprint density at radius 3 is 2.94 bits per heavy atom. The second-order valence-corrected chi connectivity index (χ2v) is 4.76. The number of nitrogens with one attached hydrogen (secondary N) is 2. The minimum atomic E-state index is 0.244. The van der Waals surface area contributed by atoms with Crippen LogP contribution < -0.4 is 10.6 Å². The SMILES string of the molecule is Cc1noc(C)c1C1CNc2cscc2N1. The van der Waals surface area contributed by atoms with Gasteiger partial charge in [-0.15, -0.1) is 11.3 Å². The highest BCUT2D eigenvalue weighted by molar-refractivity contribution is 7.09. The number of hydrogen-bond acceptors (Lipinski definition) is 5. The molecule has 5 heteroatoms. The molecule has 1 aliphatic rings. The highest BCUT2D eigenvalue weighted by Crippen LogP contribution is 2.35. The van der Waals surface area contributed by atoms with Crippen LogP contribution in [0.2, 0.25) is 0 Å². The summed E-state index contributed by atoms with van der Waals surface area (Å²) in [5, 5.41) is 15.2. The molecule has 0 bridgehead atoms. The summed E-state index contributed by atoms with van der Waals surface area (Å²) in [5.41, 5.74) is 4.49. The van der Waals surface area contributed by atoms with Gasteiger partial charge >= 0.3 is 0 Å². The zero-order valence-corrected chi connectivity index (χ0v) is 10.0. The molecule has 2 N–H and O–H groups in total. The second kappa shape index (κ2) is 3.52. The summed E-state index contributed by atoms with van der Waals surface area (Å²) in [5.74, 6) is 0.899. The van der Waals surface area contributed by atoms with Gasteiger partial charge in [0.1, 0.15) is 5.76 Å². The Labute approximate surface area is 97.6 Å². The molecule has 84 valence electrons. The van der Waals surface area contributed by atoms with Crippen molar-refractivity contribution >= 4 is 22.7 Å². The summed E-state index contributed by atoms with van der Waals surface area (Å²) in [6.45, 7) is 4.81. The maximum atomic E-state index is 5.20. The number of aryl methyl sites for hydroxylation is 2. The summed E-state index contributed by atoms with van der Waals surface area (Å²) in [7, 11) is 0. The van der Waals surface area contributed by atoms with E-state index in [1.807, 2.05) is 13.8 Å². The Morgan fingerprint density at radius 2 is 2.19 bits per heavy atom.